The van der Waals surface area contributed by atoms with Gasteiger partial charge in [-0.2, -0.15) is 5.10 Å². The highest BCUT2D eigenvalue weighted by atomic mass is 16.6. The average molecular weight is 261 g/mol. The Bertz CT molecular complexity index is 580. The van der Waals surface area contributed by atoms with Crippen LogP contribution in [0.2, 0.25) is 0 Å². The van der Waals surface area contributed by atoms with Crippen molar-refractivity contribution in [2.75, 3.05) is 0 Å². The number of aliphatic hydroxyl groups is 1. The van der Waals surface area contributed by atoms with E-state index in [0.717, 1.165) is 11.1 Å². The van der Waals surface area contributed by atoms with E-state index in [0.29, 0.717) is 13.0 Å². The SMILES string of the molecule is CCC(O)c1cnn(Cc2cccc([N+](=O)[O-])c2)c1. The van der Waals surface area contributed by atoms with Gasteiger partial charge < -0.3 is 5.11 Å². The molecule has 0 spiro atoms. The maximum atomic E-state index is 10.7. The summed E-state index contributed by atoms with van der Waals surface area (Å²) in [4.78, 5) is 10.3. The summed E-state index contributed by atoms with van der Waals surface area (Å²) in [6, 6.07) is 6.44. The minimum atomic E-state index is -0.515. The molecule has 0 fully saturated rings. The summed E-state index contributed by atoms with van der Waals surface area (Å²) in [6.07, 6.45) is 3.49. The number of benzene rings is 1. The second-order valence-electron chi connectivity index (χ2n) is 4.32. The topological polar surface area (TPSA) is 81.2 Å². The van der Waals surface area contributed by atoms with Gasteiger partial charge in [-0.1, -0.05) is 19.1 Å². The monoisotopic (exact) mass is 261 g/mol. The molecule has 6 nitrogen and oxygen atoms in total. The first-order valence-corrected chi connectivity index (χ1v) is 6.04. The molecule has 2 rings (SSSR count). The highest BCUT2D eigenvalue weighted by molar-refractivity contribution is 5.34. The highest BCUT2D eigenvalue weighted by Gasteiger charge is 2.09. The molecular formula is C13H15N3O3. The molecule has 1 aromatic carbocycles. The molecule has 100 valence electrons. The summed E-state index contributed by atoms with van der Waals surface area (Å²) in [5.74, 6) is 0. The fourth-order valence-corrected chi connectivity index (χ4v) is 1.83. The number of aliphatic hydroxyl groups excluding tert-OH is 1. The summed E-state index contributed by atoms with van der Waals surface area (Å²) in [6.45, 7) is 2.33. The van der Waals surface area contributed by atoms with E-state index < -0.39 is 11.0 Å². The molecule has 0 saturated carbocycles. The van der Waals surface area contributed by atoms with Crippen LogP contribution in [-0.2, 0) is 6.54 Å². The van der Waals surface area contributed by atoms with Crippen molar-refractivity contribution in [2.24, 2.45) is 0 Å². The Morgan fingerprint density at radius 2 is 2.32 bits per heavy atom. The molecule has 0 aliphatic rings. The summed E-state index contributed by atoms with van der Waals surface area (Å²) in [5, 5.41) is 24.5. The highest BCUT2D eigenvalue weighted by Crippen LogP contribution is 2.17. The van der Waals surface area contributed by atoms with Gasteiger partial charge in [0, 0.05) is 23.9 Å². The molecule has 6 heteroatoms. The number of rotatable bonds is 5. The molecule has 1 heterocycles. The van der Waals surface area contributed by atoms with Gasteiger partial charge in [0.1, 0.15) is 0 Å². The van der Waals surface area contributed by atoms with Crippen LogP contribution in [-0.4, -0.2) is 19.8 Å². The second-order valence-corrected chi connectivity index (χ2v) is 4.32. The summed E-state index contributed by atoms with van der Waals surface area (Å²) in [5.41, 5.74) is 1.63. The Morgan fingerprint density at radius 1 is 1.53 bits per heavy atom. The quantitative estimate of drug-likeness (QED) is 0.661. The van der Waals surface area contributed by atoms with E-state index in [1.165, 1.54) is 12.1 Å². The van der Waals surface area contributed by atoms with Crippen molar-refractivity contribution in [1.82, 2.24) is 9.78 Å². The Labute approximate surface area is 110 Å². The molecule has 0 saturated heterocycles. The van der Waals surface area contributed by atoms with Crippen molar-refractivity contribution in [3.05, 3.63) is 57.9 Å². The first-order valence-electron chi connectivity index (χ1n) is 6.04. The predicted octanol–water partition coefficient (Wildman–Crippen LogP) is 2.28. The van der Waals surface area contributed by atoms with Crippen molar-refractivity contribution in [3.63, 3.8) is 0 Å². The van der Waals surface area contributed by atoms with Crippen molar-refractivity contribution in [2.45, 2.75) is 26.0 Å². The van der Waals surface area contributed by atoms with Gasteiger partial charge in [-0.25, -0.2) is 0 Å². The van der Waals surface area contributed by atoms with Gasteiger partial charge in [0.25, 0.3) is 5.69 Å². The average Bonchev–Trinajstić information content (AvgIpc) is 2.86. The zero-order chi connectivity index (χ0) is 13.8. The summed E-state index contributed by atoms with van der Waals surface area (Å²) in [7, 11) is 0. The predicted molar refractivity (Wildman–Crippen MR) is 69.7 cm³/mol. The van der Waals surface area contributed by atoms with Crippen LogP contribution in [0.15, 0.2) is 36.7 Å². The summed E-state index contributed by atoms with van der Waals surface area (Å²) >= 11 is 0. The number of hydrogen-bond donors (Lipinski definition) is 1. The molecule has 0 radical (unpaired) electrons. The van der Waals surface area contributed by atoms with Gasteiger partial charge in [0.15, 0.2) is 0 Å². The van der Waals surface area contributed by atoms with Crippen LogP contribution in [0, 0.1) is 10.1 Å². The van der Waals surface area contributed by atoms with Crippen LogP contribution in [0.1, 0.15) is 30.6 Å². The van der Waals surface area contributed by atoms with Gasteiger partial charge in [0.05, 0.1) is 23.8 Å². The number of nitro groups is 1. The third kappa shape index (κ3) is 3.17. The molecule has 2 aromatic rings. The molecule has 0 aliphatic heterocycles. The van der Waals surface area contributed by atoms with Gasteiger partial charge in [-0.15, -0.1) is 0 Å². The van der Waals surface area contributed by atoms with E-state index >= 15 is 0 Å². The smallest absolute Gasteiger partial charge is 0.269 e. The van der Waals surface area contributed by atoms with Gasteiger partial charge in [-0.3, -0.25) is 14.8 Å². The molecule has 1 unspecified atom stereocenters. The van der Waals surface area contributed by atoms with Crippen molar-refractivity contribution in [3.8, 4) is 0 Å². The fourth-order valence-electron chi connectivity index (χ4n) is 1.83. The normalized spacial score (nSPS) is 12.3. The van der Waals surface area contributed by atoms with Crippen LogP contribution in [0.5, 0.6) is 0 Å². The van der Waals surface area contributed by atoms with E-state index in [1.54, 1.807) is 23.1 Å². The molecule has 0 amide bonds. The molecule has 1 N–H and O–H groups in total. The van der Waals surface area contributed by atoms with Crippen molar-refractivity contribution >= 4 is 5.69 Å². The zero-order valence-electron chi connectivity index (χ0n) is 10.6. The molecule has 1 atom stereocenters. The number of nitrogens with zero attached hydrogens (tertiary/aromatic N) is 3. The fraction of sp³-hybridized carbons (Fsp3) is 0.308. The molecule has 0 bridgehead atoms. The number of aromatic nitrogens is 2. The van der Waals surface area contributed by atoms with Gasteiger partial charge in [0.2, 0.25) is 0 Å². The number of non-ortho nitro benzene ring substituents is 1. The van der Waals surface area contributed by atoms with Crippen molar-refractivity contribution in [1.29, 1.82) is 0 Å². The zero-order valence-corrected chi connectivity index (χ0v) is 10.6. The molecule has 1 aromatic heterocycles. The lowest BCUT2D eigenvalue weighted by Crippen LogP contribution is -2.01. The maximum Gasteiger partial charge on any atom is 0.269 e. The van der Waals surface area contributed by atoms with Crippen LogP contribution in [0.3, 0.4) is 0 Å². The Hall–Kier alpha value is -2.21. The third-order valence-electron chi connectivity index (χ3n) is 2.89. The Kier molecular flexibility index (Phi) is 3.91. The van der Waals surface area contributed by atoms with E-state index in [9.17, 15) is 15.2 Å². The van der Waals surface area contributed by atoms with Gasteiger partial charge in [-0.05, 0) is 12.0 Å². The molecule has 19 heavy (non-hydrogen) atoms. The summed E-state index contributed by atoms with van der Waals surface area (Å²) < 4.78 is 1.66. The first kappa shape index (κ1) is 13.2. The van der Waals surface area contributed by atoms with E-state index in [2.05, 4.69) is 5.10 Å². The maximum absolute atomic E-state index is 10.7. The third-order valence-corrected chi connectivity index (χ3v) is 2.89. The van der Waals surface area contributed by atoms with E-state index in [4.69, 9.17) is 0 Å². The minimum Gasteiger partial charge on any atom is -0.388 e. The lowest BCUT2D eigenvalue weighted by Gasteiger charge is -2.03. The molecule has 0 aliphatic carbocycles. The van der Waals surface area contributed by atoms with Gasteiger partial charge >= 0.3 is 0 Å². The second kappa shape index (κ2) is 5.62. The lowest BCUT2D eigenvalue weighted by molar-refractivity contribution is -0.384. The van der Waals surface area contributed by atoms with Crippen LogP contribution in [0.4, 0.5) is 5.69 Å². The van der Waals surface area contributed by atoms with E-state index in [-0.39, 0.29) is 5.69 Å². The minimum absolute atomic E-state index is 0.0680. The standard InChI is InChI=1S/C13H15N3O3/c1-2-13(17)11-7-14-15(9-11)8-10-4-3-5-12(6-10)16(18)19/h3-7,9,13,17H,2,8H2,1H3. The lowest BCUT2D eigenvalue weighted by atomic mass is 10.1. The Morgan fingerprint density at radius 3 is 3.00 bits per heavy atom. The van der Waals surface area contributed by atoms with Crippen LogP contribution in [0.25, 0.3) is 0 Å². The number of hydrogen-bond acceptors (Lipinski definition) is 4. The molecular weight excluding hydrogens is 246 g/mol. The van der Waals surface area contributed by atoms with Crippen LogP contribution >= 0.6 is 0 Å². The van der Waals surface area contributed by atoms with Crippen molar-refractivity contribution < 1.29 is 10.0 Å². The Balaban J connectivity index is 2.15. The first-order chi connectivity index (χ1) is 9.10. The van der Waals surface area contributed by atoms with E-state index in [1.807, 2.05) is 13.0 Å². The van der Waals surface area contributed by atoms with Crippen LogP contribution < -0.4 is 0 Å². The largest absolute Gasteiger partial charge is 0.388 e. The number of nitro benzene ring substituents is 1.